The van der Waals surface area contributed by atoms with Gasteiger partial charge in [-0.15, -0.1) is 0 Å². The number of hydrazine groups is 1. The van der Waals surface area contributed by atoms with Crippen molar-refractivity contribution in [3.05, 3.63) is 34.5 Å². The minimum absolute atomic E-state index is 0.0300. The van der Waals surface area contributed by atoms with Crippen LogP contribution in [0, 0.1) is 5.82 Å². The molecule has 1 saturated heterocycles. The number of thioether (sulfide) groups is 1. The summed E-state index contributed by atoms with van der Waals surface area (Å²) in [5.74, 6) is -0.986. The smallest absolute Gasteiger partial charge is 0.286 e. The molecular weight excluding hydrogens is 333 g/mol. The highest BCUT2D eigenvalue weighted by Crippen LogP contribution is 2.33. The van der Waals surface area contributed by atoms with Crippen LogP contribution in [-0.2, 0) is 4.79 Å². The summed E-state index contributed by atoms with van der Waals surface area (Å²) in [7, 11) is 0. The van der Waals surface area contributed by atoms with Gasteiger partial charge in [-0.05, 0) is 48.9 Å². The van der Waals surface area contributed by atoms with Gasteiger partial charge in [-0.25, -0.2) is 9.40 Å². The van der Waals surface area contributed by atoms with Crippen molar-refractivity contribution >= 4 is 28.9 Å². The second-order valence-corrected chi connectivity index (χ2v) is 6.53. The molecule has 2 aliphatic rings. The molecule has 0 aromatic heterocycles. The monoisotopic (exact) mass is 351 g/mol. The Bertz CT molecular complexity index is 706. The van der Waals surface area contributed by atoms with E-state index in [2.05, 4.69) is 4.99 Å². The summed E-state index contributed by atoms with van der Waals surface area (Å²) in [6.07, 6.45) is 3.46. The van der Waals surface area contributed by atoms with Crippen LogP contribution in [0.15, 0.2) is 28.1 Å². The number of halogens is 1. The van der Waals surface area contributed by atoms with Crippen LogP contribution in [-0.4, -0.2) is 57.5 Å². The maximum atomic E-state index is 13.3. The lowest BCUT2D eigenvalue weighted by molar-refractivity contribution is -0.113. The molecule has 128 valence electrons. The summed E-state index contributed by atoms with van der Waals surface area (Å²) in [6, 6.07) is 3.58. The van der Waals surface area contributed by atoms with Crippen molar-refractivity contribution in [1.29, 1.82) is 0 Å². The van der Waals surface area contributed by atoms with Gasteiger partial charge in [0.1, 0.15) is 11.6 Å². The number of hydrogen-bond acceptors (Lipinski definition) is 6. The number of carbonyl (C=O) groups excluding carboxylic acids is 1. The van der Waals surface area contributed by atoms with Crippen LogP contribution >= 0.6 is 11.8 Å². The highest BCUT2D eigenvalue weighted by Gasteiger charge is 2.30. The van der Waals surface area contributed by atoms with Crippen LogP contribution in [0.25, 0.3) is 6.08 Å². The third-order valence-corrected chi connectivity index (χ3v) is 4.84. The molecule has 3 rings (SSSR count). The Labute approximate surface area is 143 Å². The van der Waals surface area contributed by atoms with Gasteiger partial charge in [0.15, 0.2) is 5.17 Å². The Morgan fingerprint density at radius 1 is 1.33 bits per heavy atom. The molecule has 0 atom stereocenters. The number of phenols is 1. The predicted molar refractivity (Wildman–Crippen MR) is 90.7 cm³/mol. The van der Waals surface area contributed by atoms with Gasteiger partial charge in [0.2, 0.25) is 0 Å². The topological polar surface area (TPSA) is 76.4 Å². The van der Waals surface area contributed by atoms with Gasteiger partial charge in [-0.3, -0.25) is 9.80 Å². The van der Waals surface area contributed by atoms with Crippen molar-refractivity contribution in [2.24, 2.45) is 4.99 Å². The molecule has 0 aliphatic carbocycles. The van der Waals surface area contributed by atoms with Crippen LogP contribution in [0.3, 0.4) is 0 Å². The van der Waals surface area contributed by atoms with Gasteiger partial charge in [-0.2, -0.15) is 4.99 Å². The van der Waals surface area contributed by atoms with E-state index in [1.807, 2.05) is 10.0 Å². The molecule has 2 aliphatic heterocycles. The number of aliphatic imine (C=N–C) groups is 1. The molecule has 0 unspecified atom stereocenters. The van der Waals surface area contributed by atoms with Crippen molar-refractivity contribution < 1.29 is 19.4 Å². The van der Waals surface area contributed by atoms with Crippen LogP contribution in [0.5, 0.6) is 5.75 Å². The van der Waals surface area contributed by atoms with E-state index < -0.39 is 11.7 Å². The summed E-state index contributed by atoms with van der Waals surface area (Å²) in [4.78, 5) is 16.6. The summed E-state index contributed by atoms with van der Waals surface area (Å²) < 4.78 is 13.3. The number of aliphatic hydroxyl groups excluding tert-OH is 1. The van der Waals surface area contributed by atoms with Gasteiger partial charge >= 0.3 is 0 Å². The van der Waals surface area contributed by atoms with E-state index in [0.29, 0.717) is 16.6 Å². The fourth-order valence-electron chi connectivity index (χ4n) is 2.67. The fraction of sp³-hybridized carbons (Fsp3) is 0.375. The summed E-state index contributed by atoms with van der Waals surface area (Å²) in [6.45, 7) is 2.05. The maximum absolute atomic E-state index is 13.3. The van der Waals surface area contributed by atoms with Gasteiger partial charge in [-0.1, -0.05) is 0 Å². The van der Waals surface area contributed by atoms with E-state index >= 15 is 0 Å². The zero-order valence-corrected chi connectivity index (χ0v) is 13.8. The number of amidine groups is 1. The predicted octanol–water partition coefficient (Wildman–Crippen LogP) is 1.81. The Morgan fingerprint density at radius 2 is 2.12 bits per heavy atom. The van der Waals surface area contributed by atoms with Gasteiger partial charge < -0.3 is 10.2 Å². The third kappa shape index (κ3) is 3.61. The number of rotatable bonds is 3. The molecule has 1 aromatic carbocycles. The second-order valence-electron chi connectivity index (χ2n) is 5.52. The normalized spacial score (nSPS) is 20.8. The van der Waals surface area contributed by atoms with Crippen LogP contribution in [0.1, 0.15) is 18.4 Å². The Hall–Kier alpha value is -1.90. The number of β-amino-alcohol motifs (C(OH)–C–C–N with tert-alkyl or cyclic N) is 1. The SMILES string of the molecule is O=C1N=C(N2CCCCN2CCO)SC1=Cc1cc(F)ccc1O. The summed E-state index contributed by atoms with van der Waals surface area (Å²) in [5, 5.41) is 23.4. The number of amides is 1. The highest BCUT2D eigenvalue weighted by atomic mass is 32.2. The average molecular weight is 351 g/mol. The molecule has 1 amide bonds. The van der Waals surface area contributed by atoms with E-state index in [1.165, 1.54) is 30.0 Å². The number of benzene rings is 1. The molecule has 2 heterocycles. The number of aromatic hydroxyl groups is 1. The van der Waals surface area contributed by atoms with Crippen molar-refractivity contribution in [2.75, 3.05) is 26.2 Å². The fourth-order valence-corrected chi connectivity index (χ4v) is 3.63. The molecule has 8 heteroatoms. The first-order valence-corrected chi connectivity index (χ1v) is 8.54. The lowest BCUT2D eigenvalue weighted by atomic mass is 10.2. The van der Waals surface area contributed by atoms with Crippen LogP contribution < -0.4 is 0 Å². The first kappa shape index (κ1) is 16.9. The zero-order chi connectivity index (χ0) is 17.1. The van der Waals surface area contributed by atoms with Crippen LogP contribution in [0.2, 0.25) is 0 Å². The molecule has 0 saturated carbocycles. The van der Waals surface area contributed by atoms with Gasteiger partial charge in [0.25, 0.3) is 5.91 Å². The molecule has 1 aromatic rings. The quantitative estimate of drug-likeness (QED) is 0.809. The van der Waals surface area contributed by atoms with Crippen molar-refractivity contribution in [2.45, 2.75) is 12.8 Å². The maximum Gasteiger partial charge on any atom is 0.286 e. The Kier molecular flexibility index (Phi) is 5.17. The second kappa shape index (κ2) is 7.33. The molecule has 0 radical (unpaired) electrons. The minimum atomic E-state index is -0.485. The number of aliphatic hydroxyl groups is 1. The van der Waals surface area contributed by atoms with E-state index in [-0.39, 0.29) is 17.9 Å². The van der Waals surface area contributed by atoms with E-state index in [0.717, 1.165) is 32.0 Å². The Morgan fingerprint density at radius 3 is 2.92 bits per heavy atom. The summed E-state index contributed by atoms with van der Waals surface area (Å²) in [5.41, 5.74) is 0.244. The average Bonchev–Trinajstić information content (AvgIpc) is 2.92. The van der Waals surface area contributed by atoms with E-state index in [1.54, 1.807) is 0 Å². The largest absolute Gasteiger partial charge is 0.507 e. The third-order valence-electron chi connectivity index (χ3n) is 3.84. The minimum Gasteiger partial charge on any atom is -0.507 e. The number of nitrogens with zero attached hydrogens (tertiary/aromatic N) is 3. The highest BCUT2D eigenvalue weighted by molar-refractivity contribution is 8.18. The van der Waals surface area contributed by atoms with Crippen LogP contribution in [0.4, 0.5) is 4.39 Å². The molecule has 2 N–H and O–H groups in total. The molecule has 24 heavy (non-hydrogen) atoms. The Balaban J connectivity index is 1.80. The van der Waals surface area contributed by atoms with Gasteiger partial charge in [0, 0.05) is 25.2 Å². The van der Waals surface area contributed by atoms with Crippen molar-refractivity contribution in [3.63, 3.8) is 0 Å². The standard InChI is InChI=1S/C16H18FN3O3S/c17-12-3-4-13(22)11(9-12)10-14-15(23)18-16(24-14)20-6-2-1-5-19(20)7-8-21/h3-4,9-10,21-22H,1-2,5-8H2. The molecule has 0 spiro atoms. The van der Waals surface area contributed by atoms with Gasteiger partial charge in [0.05, 0.1) is 11.5 Å². The zero-order valence-electron chi connectivity index (χ0n) is 13.0. The number of hydrogen-bond donors (Lipinski definition) is 2. The van der Waals surface area contributed by atoms with Crippen molar-refractivity contribution in [3.8, 4) is 5.75 Å². The molecule has 6 nitrogen and oxygen atoms in total. The molecular formula is C16H18FN3O3S. The lowest BCUT2D eigenvalue weighted by Gasteiger charge is -2.38. The number of carbonyl (C=O) groups is 1. The first-order valence-electron chi connectivity index (χ1n) is 7.73. The van der Waals surface area contributed by atoms with Crippen molar-refractivity contribution in [1.82, 2.24) is 10.0 Å². The molecule has 0 bridgehead atoms. The van der Waals surface area contributed by atoms with E-state index in [9.17, 15) is 19.4 Å². The lowest BCUT2D eigenvalue weighted by Crippen LogP contribution is -2.50. The number of phenolic OH excluding ortho intramolecular Hbond substituents is 1. The summed E-state index contributed by atoms with van der Waals surface area (Å²) >= 11 is 1.19. The van der Waals surface area contributed by atoms with E-state index in [4.69, 9.17) is 0 Å². The first-order chi connectivity index (χ1) is 11.6. The molecule has 1 fully saturated rings.